The molecule has 1 fully saturated rings. The van der Waals surface area contributed by atoms with Crippen LogP contribution < -0.4 is 10.2 Å². The Morgan fingerprint density at radius 1 is 1.33 bits per heavy atom. The highest BCUT2D eigenvalue weighted by Crippen LogP contribution is 2.32. The zero-order valence-electron chi connectivity index (χ0n) is 13.7. The second-order valence-corrected chi connectivity index (χ2v) is 6.99. The minimum absolute atomic E-state index is 0.400. The van der Waals surface area contributed by atoms with Crippen LogP contribution in [0.15, 0.2) is 22.7 Å². The van der Waals surface area contributed by atoms with Crippen molar-refractivity contribution in [3.63, 3.8) is 0 Å². The van der Waals surface area contributed by atoms with Crippen LogP contribution in [0.5, 0.6) is 0 Å². The molecule has 21 heavy (non-hydrogen) atoms. The van der Waals surface area contributed by atoms with Crippen molar-refractivity contribution in [3.8, 4) is 0 Å². The Kier molecular flexibility index (Phi) is 6.56. The van der Waals surface area contributed by atoms with Gasteiger partial charge in [0.25, 0.3) is 0 Å². The predicted molar refractivity (Wildman–Crippen MR) is 96.1 cm³/mol. The molecule has 1 aliphatic rings. The van der Waals surface area contributed by atoms with Gasteiger partial charge < -0.3 is 10.2 Å². The number of halogens is 1. The standard InChI is InChI=1S/C18H29BrN2/c1-4-11-20-14(3)17-10-9-16(13-18(17)19)21-12-7-6-8-15(21)5-2/h9-10,13-15,20H,4-8,11-12H2,1-3H3. The van der Waals surface area contributed by atoms with Gasteiger partial charge in [-0.25, -0.2) is 0 Å². The first-order chi connectivity index (χ1) is 10.2. The molecular weight excluding hydrogens is 324 g/mol. The van der Waals surface area contributed by atoms with Crippen LogP contribution in [0.3, 0.4) is 0 Å². The number of benzene rings is 1. The largest absolute Gasteiger partial charge is 0.369 e. The van der Waals surface area contributed by atoms with Crippen LogP contribution in [0.4, 0.5) is 5.69 Å². The summed E-state index contributed by atoms with van der Waals surface area (Å²) in [6.45, 7) is 9.03. The van der Waals surface area contributed by atoms with Gasteiger partial charge >= 0.3 is 0 Å². The molecule has 1 saturated heterocycles. The van der Waals surface area contributed by atoms with Crippen LogP contribution in [0.1, 0.15) is 64.5 Å². The fraction of sp³-hybridized carbons (Fsp3) is 0.667. The number of piperidine rings is 1. The lowest BCUT2D eigenvalue weighted by Crippen LogP contribution is -2.39. The average Bonchev–Trinajstić information content (AvgIpc) is 2.52. The third-order valence-electron chi connectivity index (χ3n) is 4.58. The highest BCUT2D eigenvalue weighted by molar-refractivity contribution is 9.10. The SMILES string of the molecule is CCCNC(C)c1ccc(N2CCCCC2CC)cc1Br. The Morgan fingerprint density at radius 2 is 2.14 bits per heavy atom. The van der Waals surface area contributed by atoms with Gasteiger partial charge in [-0.05, 0) is 63.3 Å². The lowest BCUT2D eigenvalue weighted by molar-refractivity contribution is 0.450. The zero-order chi connectivity index (χ0) is 15.2. The zero-order valence-corrected chi connectivity index (χ0v) is 15.2. The first kappa shape index (κ1) is 16.8. The van der Waals surface area contributed by atoms with Crippen LogP contribution in [0.25, 0.3) is 0 Å². The molecule has 0 radical (unpaired) electrons. The van der Waals surface area contributed by atoms with Crippen molar-refractivity contribution < 1.29 is 0 Å². The number of anilines is 1. The smallest absolute Gasteiger partial charge is 0.0380 e. The van der Waals surface area contributed by atoms with Crippen molar-refractivity contribution in [1.29, 1.82) is 0 Å². The second kappa shape index (κ2) is 8.19. The van der Waals surface area contributed by atoms with Crippen LogP contribution in [-0.2, 0) is 0 Å². The van der Waals surface area contributed by atoms with E-state index in [1.807, 2.05) is 0 Å². The molecule has 1 aliphatic heterocycles. The molecule has 0 aliphatic carbocycles. The Bertz CT molecular complexity index is 447. The van der Waals surface area contributed by atoms with E-state index in [4.69, 9.17) is 0 Å². The third-order valence-corrected chi connectivity index (χ3v) is 5.27. The maximum Gasteiger partial charge on any atom is 0.0380 e. The first-order valence-electron chi connectivity index (χ1n) is 8.46. The van der Waals surface area contributed by atoms with Crippen molar-refractivity contribution in [1.82, 2.24) is 5.32 Å². The molecule has 2 nitrogen and oxygen atoms in total. The Balaban J connectivity index is 2.14. The summed E-state index contributed by atoms with van der Waals surface area (Å²) in [5.41, 5.74) is 2.73. The lowest BCUT2D eigenvalue weighted by Gasteiger charge is -2.37. The van der Waals surface area contributed by atoms with E-state index in [9.17, 15) is 0 Å². The summed E-state index contributed by atoms with van der Waals surface area (Å²) in [6, 6.07) is 8.02. The van der Waals surface area contributed by atoms with Gasteiger partial charge in [0, 0.05) is 28.8 Å². The summed E-state index contributed by atoms with van der Waals surface area (Å²) in [6.07, 6.45) is 6.46. The Labute approximate surface area is 138 Å². The monoisotopic (exact) mass is 352 g/mol. The number of hydrogen-bond donors (Lipinski definition) is 1. The summed E-state index contributed by atoms with van der Waals surface area (Å²) in [5, 5.41) is 3.56. The fourth-order valence-electron chi connectivity index (χ4n) is 3.28. The van der Waals surface area contributed by atoms with E-state index in [1.54, 1.807) is 0 Å². The molecule has 2 rings (SSSR count). The van der Waals surface area contributed by atoms with Crippen LogP contribution in [0.2, 0.25) is 0 Å². The van der Waals surface area contributed by atoms with Crippen molar-refractivity contribution in [2.75, 3.05) is 18.0 Å². The lowest BCUT2D eigenvalue weighted by atomic mass is 9.98. The molecular formula is C18H29BrN2. The number of rotatable bonds is 6. The van der Waals surface area contributed by atoms with Gasteiger partial charge in [0.1, 0.15) is 0 Å². The molecule has 1 N–H and O–H groups in total. The van der Waals surface area contributed by atoms with Gasteiger partial charge in [-0.1, -0.05) is 35.8 Å². The quantitative estimate of drug-likeness (QED) is 0.749. The molecule has 1 heterocycles. The number of nitrogens with one attached hydrogen (secondary N) is 1. The van der Waals surface area contributed by atoms with E-state index in [0.717, 1.165) is 6.54 Å². The summed E-state index contributed by atoms with van der Waals surface area (Å²) >= 11 is 3.78. The van der Waals surface area contributed by atoms with Crippen LogP contribution in [0, 0.1) is 0 Å². The van der Waals surface area contributed by atoms with E-state index in [-0.39, 0.29) is 0 Å². The van der Waals surface area contributed by atoms with Gasteiger partial charge in [-0.2, -0.15) is 0 Å². The van der Waals surface area contributed by atoms with Gasteiger partial charge in [-0.3, -0.25) is 0 Å². The van der Waals surface area contributed by atoms with Crippen LogP contribution >= 0.6 is 15.9 Å². The minimum atomic E-state index is 0.400. The molecule has 0 saturated carbocycles. The first-order valence-corrected chi connectivity index (χ1v) is 9.26. The molecule has 2 unspecified atom stereocenters. The summed E-state index contributed by atoms with van der Waals surface area (Å²) in [7, 11) is 0. The van der Waals surface area contributed by atoms with Crippen molar-refractivity contribution in [3.05, 3.63) is 28.2 Å². The highest BCUT2D eigenvalue weighted by Gasteiger charge is 2.21. The van der Waals surface area contributed by atoms with E-state index in [2.05, 4.69) is 65.1 Å². The second-order valence-electron chi connectivity index (χ2n) is 6.13. The van der Waals surface area contributed by atoms with E-state index in [0.29, 0.717) is 12.1 Å². The van der Waals surface area contributed by atoms with E-state index >= 15 is 0 Å². The molecule has 1 aromatic rings. The summed E-state index contributed by atoms with van der Waals surface area (Å²) in [4.78, 5) is 2.60. The molecule has 0 amide bonds. The Hall–Kier alpha value is -0.540. The van der Waals surface area contributed by atoms with Crippen LogP contribution in [-0.4, -0.2) is 19.1 Å². The summed E-state index contributed by atoms with van der Waals surface area (Å²) in [5.74, 6) is 0. The average molecular weight is 353 g/mol. The molecule has 0 spiro atoms. The third kappa shape index (κ3) is 4.23. The fourth-order valence-corrected chi connectivity index (χ4v) is 3.99. The van der Waals surface area contributed by atoms with Crippen molar-refractivity contribution in [2.24, 2.45) is 0 Å². The number of hydrogen-bond acceptors (Lipinski definition) is 2. The van der Waals surface area contributed by atoms with E-state index < -0.39 is 0 Å². The van der Waals surface area contributed by atoms with E-state index in [1.165, 1.54) is 54.4 Å². The minimum Gasteiger partial charge on any atom is -0.369 e. The van der Waals surface area contributed by atoms with Crippen molar-refractivity contribution in [2.45, 2.75) is 65.0 Å². The maximum absolute atomic E-state index is 3.78. The van der Waals surface area contributed by atoms with Crippen molar-refractivity contribution >= 4 is 21.6 Å². The van der Waals surface area contributed by atoms with Gasteiger partial charge in [-0.15, -0.1) is 0 Å². The normalized spacial score (nSPS) is 20.6. The number of nitrogens with zero attached hydrogens (tertiary/aromatic N) is 1. The molecule has 3 heteroatoms. The molecule has 118 valence electrons. The van der Waals surface area contributed by atoms with Gasteiger partial charge in [0.05, 0.1) is 0 Å². The molecule has 1 aromatic carbocycles. The van der Waals surface area contributed by atoms with Gasteiger partial charge in [0.15, 0.2) is 0 Å². The topological polar surface area (TPSA) is 15.3 Å². The summed E-state index contributed by atoms with van der Waals surface area (Å²) < 4.78 is 1.23. The highest BCUT2D eigenvalue weighted by atomic mass is 79.9. The van der Waals surface area contributed by atoms with Gasteiger partial charge in [0.2, 0.25) is 0 Å². The molecule has 0 aromatic heterocycles. The predicted octanol–water partition coefficient (Wildman–Crippen LogP) is 5.28. The molecule has 2 atom stereocenters. The molecule has 0 bridgehead atoms. The Morgan fingerprint density at radius 3 is 2.81 bits per heavy atom. The maximum atomic E-state index is 3.78.